The van der Waals surface area contributed by atoms with E-state index in [9.17, 15) is 15.0 Å². The number of esters is 1. The van der Waals surface area contributed by atoms with Crippen molar-refractivity contribution < 1.29 is 24.5 Å². The molecule has 0 radical (unpaired) electrons. The molecule has 1 aromatic heterocycles. The minimum absolute atomic E-state index is 0.0364. The second kappa shape index (κ2) is 9.32. The van der Waals surface area contributed by atoms with Crippen molar-refractivity contribution in [3.8, 4) is 17.2 Å². The van der Waals surface area contributed by atoms with Gasteiger partial charge in [0.05, 0.1) is 5.56 Å². The molecular weight excluding hydrogens is 410 g/mol. The molecule has 8 nitrogen and oxygen atoms in total. The maximum absolute atomic E-state index is 12.4. The zero-order valence-corrected chi connectivity index (χ0v) is 17.1. The Morgan fingerprint density at radius 1 is 1.03 bits per heavy atom. The van der Waals surface area contributed by atoms with Crippen molar-refractivity contribution in [3.05, 3.63) is 84.4 Å². The number of aliphatic hydroxyl groups excluding tert-OH is 1. The molecule has 2 N–H and O–H groups in total. The lowest BCUT2D eigenvalue weighted by Gasteiger charge is -2.13. The number of phenols is 1. The topological polar surface area (TPSA) is 107 Å². The third-order valence-corrected chi connectivity index (χ3v) is 4.68. The van der Waals surface area contributed by atoms with Crippen LogP contribution in [0.25, 0.3) is 22.8 Å². The van der Waals surface area contributed by atoms with Gasteiger partial charge in [-0.2, -0.15) is 0 Å². The van der Waals surface area contributed by atoms with Crippen molar-refractivity contribution in [2.24, 2.45) is 0 Å². The highest BCUT2D eigenvalue weighted by molar-refractivity contribution is 5.90. The second-order valence-corrected chi connectivity index (χ2v) is 7.02. The Hall–Kier alpha value is -4.17. The summed E-state index contributed by atoms with van der Waals surface area (Å²) in [6.45, 7) is 3.40. The van der Waals surface area contributed by atoms with Gasteiger partial charge < -0.3 is 19.7 Å². The summed E-state index contributed by atoms with van der Waals surface area (Å²) in [4.78, 5) is 13.7. The molecule has 0 saturated carbocycles. The smallest absolute Gasteiger partial charge is 0.338 e. The summed E-state index contributed by atoms with van der Waals surface area (Å²) < 4.78 is 10.7. The fourth-order valence-corrected chi connectivity index (χ4v) is 2.97. The number of aromatic nitrogens is 3. The number of fused-ring (bicyclic) bond motifs is 1. The molecule has 4 rings (SSSR count). The second-order valence-electron chi connectivity index (χ2n) is 7.02. The Morgan fingerprint density at radius 3 is 2.38 bits per heavy atom. The molecule has 1 heterocycles. The first-order valence-electron chi connectivity index (χ1n) is 9.89. The number of hydrogen-bond donors (Lipinski definition) is 2. The Morgan fingerprint density at radius 2 is 1.72 bits per heavy atom. The van der Waals surface area contributed by atoms with Crippen LogP contribution in [0.1, 0.15) is 15.9 Å². The maximum Gasteiger partial charge on any atom is 0.338 e. The lowest BCUT2D eigenvalue weighted by atomic mass is 10.2. The van der Waals surface area contributed by atoms with Crippen molar-refractivity contribution in [2.75, 3.05) is 13.2 Å². The highest BCUT2D eigenvalue weighted by atomic mass is 16.5. The van der Waals surface area contributed by atoms with Crippen molar-refractivity contribution in [3.63, 3.8) is 0 Å². The summed E-state index contributed by atoms with van der Waals surface area (Å²) >= 11 is 0. The van der Waals surface area contributed by atoms with E-state index in [1.807, 2.05) is 24.3 Å². The number of ether oxygens (including phenoxy) is 2. The van der Waals surface area contributed by atoms with Gasteiger partial charge in [0.1, 0.15) is 47.5 Å². The van der Waals surface area contributed by atoms with E-state index < -0.39 is 12.1 Å². The highest BCUT2D eigenvalue weighted by Crippen LogP contribution is 2.23. The predicted octanol–water partition coefficient (Wildman–Crippen LogP) is 3.37. The number of hydrogen-bond acceptors (Lipinski definition) is 7. The van der Waals surface area contributed by atoms with Crippen LogP contribution in [-0.4, -0.2) is 50.5 Å². The molecule has 1 atom stereocenters. The van der Waals surface area contributed by atoms with Crippen LogP contribution in [0.5, 0.6) is 11.5 Å². The molecule has 0 fully saturated rings. The Balaban J connectivity index is 1.37. The third-order valence-electron chi connectivity index (χ3n) is 4.68. The zero-order valence-electron chi connectivity index (χ0n) is 17.1. The average molecular weight is 431 g/mol. The minimum atomic E-state index is -1.01. The van der Waals surface area contributed by atoms with Crippen LogP contribution in [0, 0.1) is 0 Å². The Labute approximate surface area is 183 Å². The van der Waals surface area contributed by atoms with Gasteiger partial charge in [0, 0.05) is 0 Å². The third kappa shape index (κ3) is 4.76. The Kier molecular flexibility index (Phi) is 6.14. The molecule has 0 spiro atoms. The first kappa shape index (κ1) is 21.1. The van der Waals surface area contributed by atoms with Gasteiger partial charge >= 0.3 is 5.97 Å². The van der Waals surface area contributed by atoms with Gasteiger partial charge in [-0.25, -0.2) is 4.79 Å². The van der Waals surface area contributed by atoms with Crippen molar-refractivity contribution in [2.45, 2.75) is 6.10 Å². The minimum Gasteiger partial charge on any atom is -0.506 e. The number of aliphatic hydroxyl groups is 1. The van der Waals surface area contributed by atoms with E-state index in [0.717, 1.165) is 5.56 Å². The molecule has 0 aliphatic rings. The van der Waals surface area contributed by atoms with E-state index in [4.69, 9.17) is 9.47 Å². The van der Waals surface area contributed by atoms with Crippen molar-refractivity contribution >= 4 is 23.1 Å². The van der Waals surface area contributed by atoms with Crippen molar-refractivity contribution in [1.82, 2.24) is 15.0 Å². The number of aromatic hydroxyl groups is 1. The fraction of sp³-hybridized carbons (Fsp3) is 0.125. The van der Waals surface area contributed by atoms with Crippen LogP contribution in [0.2, 0.25) is 0 Å². The van der Waals surface area contributed by atoms with Crippen LogP contribution in [-0.2, 0) is 4.74 Å². The van der Waals surface area contributed by atoms with E-state index in [2.05, 4.69) is 16.8 Å². The molecule has 0 bridgehead atoms. The number of nitrogens with zero attached hydrogens (tertiary/aromatic N) is 3. The standard InChI is InChI=1S/C24H21N3O5/c1-2-16-7-10-19(11-8-16)31-14-18(28)15-32-24(30)17-9-12-23(29)22(13-17)27-25-20-5-3-4-6-21(20)26-27/h2-13,18,28-29H,1,14-15H2. The molecule has 0 saturated heterocycles. The van der Waals surface area contributed by atoms with E-state index >= 15 is 0 Å². The number of rotatable bonds is 8. The average Bonchev–Trinajstić information content (AvgIpc) is 3.26. The van der Waals surface area contributed by atoms with Crippen LogP contribution in [0.3, 0.4) is 0 Å². The molecule has 162 valence electrons. The first-order chi connectivity index (χ1) is 15.5. The normalized spacial score (nSPS) is 11.8. The summed E-state index contributed by atoms with van der Waals surface area (Å²) in [5.74, 6) is -0.154. The summed E-state index contributed by atoms with van der Waals surface area (Å²) in [7, 11) is 0. The number of carbonyl (C=O) groups excluding carboxylic acids is 1. The number of carbonyl (C=O) groups is 1. The maximum atomic E-state index is 12.4. The van der Waals surface area contributed by atoms with Gasteiger partial charge in [0.15, 0.2) is 0 Å². The molecular formula is C24H21N3O5. The van der Waals surface area contributed by atoms with E-state index in [1.165, 1.54) is 23.0 Å². The summed E-state index contributed by atoms with van der Waals surface area (Å²) in [5, 5.41) is 28.9. The number of phenolic OH excluding ortho intramolecular Hbond substituents is 1. The van der Waals surface area contributed by atoms with Crippen LogP contribution >= 0.6 is 0 Å². The largest absolute Gasteiger partial charge is 0.506 e. The van der Waals surface area contributed by atoms with E-state index in [0.29, 0.717) is 16.8 Å². The zero-order chi connectivity index (χ0) is 22.5. The molecule has 32 heavy (non-hydrogen) atoms. The SMILES string of the molecule is C=Cc1ccc(OCC(O)COC(=O)c2ccc(O)c(-n3nc4ccccc4n3)c2)cc1. The molecule has 3 aromatic carbocycles. The molecule has 1 unspecified atom stereocenters. The van der Waals surface area contributed by atoms with Crippen LogP contribution in [0.15, 0.2) is 73.3 Å². The first-order valence-corrected chi connectivity index (χ1v) is 9.89. The van der Waals surface area contributed by atoms with E-state index in [-0.39, 0.29) is 30.2 Å². The quantitative estimate of drug-likeness (QED) is 0.412. The van der Waals surface area contributed by atoms with E-state index in [1.54, 1.807) is 30.3 Å². The van der Waals surface area contributed by atoms with Gasteiger partial charge in [-0.05, 0) is 48.0 Å². The molecule has 4 aromatic rings. The molecule has 8 heteroatoms. The summed E-state index contributed by atoms with van der Waals surface area (Å²) in [5.41, 5.74) is 2.69. The molecule has 0 aliphatic carbocycles. The summed E-state index contributed by atoms with van der Waals surface area (Å²) in [6, 6.07) is 18.7. The van der Waals surface area contributed by atoms with Crippen LogP contribution < -0.4 is 4.74 Å². The van der Waals surface area contributed by atoms with Gasteiger partial charge in [0.25, 0.3) is 0 Å². The highest BCUT2D eigenvalue weighted by Gasteiger charge is 2.16. The van der Waals surface area contributed by atoms with Crippen molar-refractivity contribution in [1.29, 1.82) is 0 Å². The monoisotopic (exact) mass is 431 g/mol. The summed E-state index contributed by atoms with van der Waals surface area (Å²) in [6.07, 6.45) is 0.713. The molecule has 0 amide bonds. The lowest BCUT2D eigenvalue weighted by Crippen LogP contribution is -2.25. The van der Waals surface area contributed by atoms with Gasteiger partial charge in [-0.3, -0.25) is 0 Å². The van der Waals surface area contributed by atoms with Crippen LogP contribution in [0.4, 0.5) is 0 Å². The fourth-order valence-electron chi connectivity index (χ4n) is 2.97. The van der Waals surface area contributed by atoms with Gasteiger partial charge in [-0.15, -0.1) is 15.0 Å². The molecule has 0 aliphatic heterocycles. The van der Waals surface area contributed by atoms with Gasteiger partial charge in [-0.1, -0.05) is 36.9 Å². The predicted molar refractivity (Wildman–Crippen MR) is 119 cm³/mol. The Bertz CT molecular complexity index is 1220. The lowest BCUT2D eigenvalue weighted by molar-refractivity contribution is 0.0130. The number of benzene rings is 3. The van der Waals surface area contributed by atoms with Gasteiger partial charge in [0.2, 0.25) is 0 Å².